The summed E-state index contributed by atoms with van der Waals surface area (Å²) < 4.78 is 1.76. The van der Waals surface area contributed by atoms with Crippen molar-refractivity contribution < 1.29 is 0 Å². The normalized spacial score (nSPS) is 12.7. The molecular formula is C12H20N2O. The van der Waals surface area contributed by atoms with Gasteiger partial charge in [-0.1, -0.05) is 13.0 Å². The van der Waals surface area contributed by atoms with Gasteiger partial charge in [0.15, 0.2) is 0 Å². The standard InChI is InChI=1S/C12H20N2O/c1-3-11(13)7-5-9-14-8-4-6-10(2)12(14)15/h4,6,8,11H,3,5,7,9,13H2,1-2H3. The van der Waals surface area contributed by atoms with Crippen LogP contribution in [-0.4, -0.2) is 10.6 Å². The molecule has 1 rings (SSSR count). The Morgan fingerprint density at radius 3 is 2.93 bits per heavy atom. The Balaban J connectivity index is 2.51. The van der Waals surface area contributed by atoms with Gasteiger partial charge in [-0.05, 0) is 32.3 Å². The summed E-state index contributed by atoms with van der Waals surface area (Å²) >= 11 is 0. The third-order valence-electron chi connectivity index (χ3n) is 2.71. The number of aryl methyl sites for hydroxylation is 2. The van der Waals surface area contributed by atoms with E-state index in [1.54, 1.807) is 4.57 Å². The summed E-state index contributed by atoms with van der Waals surface area (Å²) in [6.07, 6.45) is 4.80. The number of nitrogens with two attached hydrogens (primary N) is 1. The smallest absolute Gasteiger partial charge is 0.253 e. The first-order valence-electron chi connectivity index (χ1n) is 5.56. The summed E-state index contributed by atoms with van der Waals surface area (Å²) in [6.45, 7) is 4.70. The molecule has 0 spiro atoms. The van der Waals surface area contributed by atoms with Crippen molar-refractivity contribution >= 4 is 0 Å². The van der Waals surface area contributed by atoms with Crippen molar-refractivity contribution in [3.8, 4) is 0 Å². The molecule has 84 valence electrons. The number of rotatable bonds is 5. The Morgan fingerprint density at radius 1 is 1.53 bits per heavy atom. The summed E-state index contributed by atoms with van der Waals surface area (Å²) in [4.78, 5) is 11.6. The molecule has 0 aromatic carbocycles. The van der Waals surface area contributed by atoms with Crippen molar-refractivity contribution in [3.05, 3.63) is 34.2 Å². The van der Waals surface area contributed by atoms with Gasteiger partial charge in [0.05, 0.1) is 0 Å². The number of aromatic nitrogens is 1. The number of nitrogens with zero attached hydrogens (tertiary/aromatic N) is 1. The monoisotopic (exact) mass is 208 g/mol. The molecule has 15 heavy (non-hydrogen) atoms. The van der Waals surface area contributed by atoms with E-state index >= 15 is 0 Å². The predicted octanol–water partition coefficient (Wildman–Crippen LogP) is 1.67. The predicted molar refractivity (Wildman–Crippen MR) is 62.9 cm³/mol. The fraction of sp³-hybridized carbons (Fsp3) is 0.583. The number of hydrogen-bond acceptors (Lipinski definition) is 2. The van der Waals surface area contributed by atoms with Gasteiger partial charge in [-0.25, -0.2) is 0 Å². The van der Waals surface area contributed by atoms with E-state index in [1.165, 1.54) is 0 Å². The largest absolute Gasteiger partial charge is 0.328 e. The van der Waals surface area contributed by atoms with Crippen LogP contribution in [0.3, 0.4) is 0 Å². The molecule has 1 unspecified atom stereocenters. The lowest BCUT2D eigenvalue weighted by atomic mass is 10.1. The van der Waals surface area contributed by atoms with Crippen LogP contribution in [0.4, 0.5) is 0 Å². The third kappa shape index (κ3) is 3.51. The van der Waals surface area contributed by atoms with Crippen LogP contribution >= 0.6 is 0 Å². The summed E-state index contributed by atoms with van der Waals surface area (Å²) in [5.74, 6) is 0. The third-order valence-corrected chi connectivity index (χ3v) is 2.71. The first-order chi connectivity index (χ1) is 7.15. The average molecular weight is 208 g/mol. The first-order valence-corrected chi connectivity index (χ1v) is 5.56. The van der Waals surface area contributed by atoms with Gasteiger partial charge in [0.2, 0.25) is 0 Å². The van der Waals surface area contributed by atoms with E-state index in [4.69, 9.17) is 5.73 Å². The Morgan fingerprint density at radius 2 is 2.27 bits per heavy atom. The highest BCUT2D eigenvalue weighted by Crippen LogP contribution is 2.00. The quantitative estimate of drug-likeness (QED) is 0.800. The van der Waals surface area contributed by atoms with Crippen LogP contribution in [-0.2, 0) is 6.54 Å². The van der Waals surface area contributed by atoms with Crippen molar-refractivity contribution in [2.24, 2.45) is 5.73 Å². The molecule has 3 heteroatoms. The van der Waals surface area contributed by atoms with Crippen LogP contribution in [0.1, 0.15) is 31.7 Å². The van der Waals surface area contributed by atoms with Crippen LogP contribution in [0.15, 0.2) is 23.1 Å². The van der Waals surface area contributed by atoms with E-state index in [9.17, 15) is 4.79 Å². The van der Waals surface area contributed by atoms with E-state index < -0.39 is 0 Å². The molecule has 0 bridgehead atoms. The highest BCUT2D eigenvalue weighted by molar-refractivity contribution is 5.07. The van der Waals surface area contributed by atoms with Gasteiger partial charge in [0, 0.05) is 24.3 Å². The van der Waals surface area contributed by atoms with E-state index in [-0.39, 0.29) is 11.6 Å². The van der Waals surface area contributed by atoms with Crippen molar-refractivity contribution in [1.82, 2.24) is 4.57 Å². The Bertz CT molecular complexity index is 357. The Kier molecular flexibility index (Phi) is 4.56. The fourth-order valence-electron chi connectivity index (χ4n) is 1.56. The topological polar surface area (TPSA) is 48.0 Å². The van der Waals surface area contributed by atoms with Crippen molar-refractivity contribution in [3.63, 3.8) is 0 Å². The van der Waals surface area contributed by atoms with Crippen molar-refractivity contribution in [2.75, 3.05) is 0 Å². The molecule has 1 aromatic heterocycles. The fourth-order valence-corrected chi connectivity index (χ4v) is 1.56. The van der Waals surface area contributed by atoms with Gasteiger partial charge in [-0.2, -0.15) is 0 Å². The second-order valence-electron chi connectivity index (χ2n) is 4.00. The van der Waals surface area contributed by atoms with Gasteiger partial charge in [0.1, 0.15) is 0 Å². The van der Waals surface area contributed by atoms with Gasteiger partial charge in [0.25, 0.3) is 5.56 Å². The molecule has 0 amide bonds. The zero-order valence-corrected chi connectivity index (χ0v) is 9.57. The lowest BCUT2D eigenvalue weighted by molar-refractivity contribution is 0.518. The minimum Gasteiger partial charge on any atom is -0.328 e. The molecule has 2 N–H and O–H groups in total. The lowest BCUT2D eigenvalue weighted by Gasteiger charge is -2.09. The molecule has 0 radical (unpaired) electrons. The highest BCUT2D eigenvalue weighted by atomic mass is 16.1. The van der Waals surface area contributed by atoms with E-state index in [0.717, 1.165) is 31.4 Å². The molecule has 0 saturated carbocycles. The van der Waals surface area contributed by atoms with Crippen LogP contribution in [0.25, 0.3) is 0 Å². The summed E-state index contributed by atoms with van der Waals surface area (Å²) in [5.41, 5.74) is 6.73. The van der Waals surface area contributed by atoms with Gasteiger partial charge < -0.3 is 10.3 Å². The molecule has 3 nitrogen and oxygen atoms in total. The van der Waals surface area contributed by atoms with Gasteiger partial charge in [-0.15, -0.1) is 0 Å². The second-order valence-corrected chi connectivity index (χ2v) is 4.00. The molecule has 0 fully saturated rings. The minimum absolute atomic E-state index is 0.113. The Hall–Kier alpha value is -1.09. The van der Waals surface area contributed by atoms with Crippen LogP contribution < -0.4 is 11.3 Å². The van der Waals surface area contributed by atoms with E-state index in [1.807, 2.05) is 25.3 Å². The molecular weight excluding hydrogens is 188 g/mol. The molecule has 1 aromatic rings. The van der Waals surface area contributed by atoms with E-state index in [0.29, 0.717) is 0 Å². The molecule has 1 heterocycles. The summed E-state index contributed by atoms with van der Waals surface area (Å²) in [6, 6.07) is 4.03. The zero-order valence-electron chi connectivity index (χ0n) is 9.57. The first kappa shape index (κ1) is 12.0. The van der Waals surface area contributed by atoms with Gasteiger partial charge >= 0.3 is 0 Å². The SMILES string of the molecule is CCC(N)CCCn1cccc(C)c1=O. The average Bonchev–Trinajstić information content (AvgIpc) is 2.24. The molecule has 0 saturated heterocycles. The molecule has 0 aliphatic rings. The van der Waals surface area contributed by atoms with Crippen LogP contribution in [0.2, 0.25) is 0 Å². The number of pyridine rings is 1. The highest BCUT2D eigenvalue weighted by Gasteiger charge is 2.01. The Labute approximate surface area is 90.9 Å². The second kappa shape index (κ2) is 5.71. The minimum atomic E-state index is 0.113. The molecule has 0 aliphatic heterocycles. The maximum Gasteiger partial charge on any atom is 0.253 e. The number of hydrogen-bond donors (Lipinski definition) is 1. The molecule has 1 atom stereocenters. The maximum absolute atomic E-state index is 11.6. The van der Waals surface area contributed by atoms with Crippen LogP contribution in [0.5, 0.6) is 0 Å². The van der Waals surface area contributed by atoms with Crippen molar-refractivity contribution in [1.29, 1.82) is 0 Å². The van der Waals surface area contributed by atoms with Crippen molar-refractivity contribution in [2.45, 2.75) is 45.7 Å². The lowest BCUT2D eigenvalue weighted by Crippen LogP contribution is -2.23. The van der Waals surface area contributed by atoms with E-state index in [2.05, 4.69) is 6.92 Å². The summed E-state index contributed by atoms with van der Waals surface area (Å²) in [5, 5.41) is 0. The van der Waals surface area contributed by atoms with Crippen LogP contribution in [0, 0.1) is 6.92 Å². The maximum atomic E-state index is 11.6. The summed E-state index contributed by atoms with van der Waals surface area (Å²) in [7, 11) is 0. The zero-order chi connectivity index (χ0) is 11.3. The molecule has 0 aliphatic carbocycles. The van der Waals surface area contributed by atoms with Gasteiger partial charge in [-0.3, -0.25) is 4.79 Å².